The van der Waals surface area contributed by atoms with Crippen LogP contribution in [0.4, 0.5) is 0 Å². The SMILES string of the molecule is CC(=O)[C@H]1CC[C@H]2[C@@H]3CCC4CC(O)CC[C@]4(C)[C@H]3C(OC(=O)CN3CCCCC3)C[C@]12C.Cl. The number of aliphatic hydroxyl groups is 1. The summed E-state index contributed by atoms with van der Waals surface area (Å²) in [7, 11) is 0. The number of Topliss-reactive ketones (excluding diaryl/α,β-unsaturated/α-hetero) is 1. The fraction of sp³-hybridized carbons (Fsp3) is 0.929. The minimum absolute atomic E-state index is 0. The van der Waals surface area contributed by atoms with Gasteiger partial charge in [-0.15, -0.1) is 12.4 Å². The zero-order chi connectivity index (χ0) is 23.4. The van der Waals surface area contributed by atoms with Gasteiger partial charge in [-0.05, 0) is 113 Å². The van der Waals surface area contributed by atoms with Crippen molar-refractivity contribution in [2.75, 3.05) is 19.6 Å². The van der Waals surface area contributed by atoms with Crippen LogP contribution >= 0.6 is 12.4 Å². The Morgan fingerprint density at radius 3 is 2.44 bits per heavy atom. The molecular weight excluding hydrogens is 450 g/mol. The van der Waals surface area contributed by atoms with E-state index in [0.29, 0.717) is 36.0 Å². The smallest absolute Gasteiger partial charge is 0.320 e. The van der Waals surface area contributed by atoms with Crippen molar-refractivity contribution in [1.82, 2.24) is 4.90 Å². The van der Waals surface area contributed by atoms with Gasteiger partial charge in [-0.2, -0.15) is 0 Å². The van der Waals surface area contributed by atoms with Crippen LogP contribution in [0.25, 0.3) is 0 Å². The molecule has 1 saturated heterocycles. The molecule has 5 rings (SSSR count). The molecule has 0 radical (unpaired) electrons. The van der Waals surface area contributed by atoms with Gasteiger partial charge in [0.25, 0.3) is 0 Å². The van der Waals surface area contributed by atoms with Crippen LogP contribution in [0.1, 0.15) is 91.4 Å². The van der Waals surface area contributed by atoms with E-state index in [9.17, 15) is 14.7 Å². The number of hydrogen-bond acceptors (Lipinski definition) is 5. The number of carbonyl (C=O) groups excluding carboxylic acids is 2. The second kappa shape index (κ2) is 10.0. The summed E-state index contributed by atoms with van der Waals surface area (Å²) in [5, 5.41) is 10.4. The molecule has 34 heavy (non-hydrogen) atoms. The number of hydrogen-bond donors (Lipinski definition) is 1. The average molecular weight is 496 g/mol. The monoisotopic (exact) mass is 495 g/mol. The number of esters is 1. The van der Waals surface area contributed by atoms with E-state index in [1.54, 1.807) is 6.92 Å². The van der Waals surface area contributed by atoms with Gasteiger partial charge in [-0.25, -0.2) is 0 Å². The summed E-state index contributed by atoms with van der Waals surface area (Å²) in [5.41, 5.74) is 0.0638. The lowest BCUT2D eigenvalue weighted by atomic mass is 9.43. The lowest BCUT2D eigenvalue weighted by Crippen LogP contribution is -2.60. The van der Waals surface area contributed by atoms with E-state index in [1.807, 2.05) is 0 Å². The van der Waals surface area contributed by atoms with E-state index in [-0.39, 0.29) is 47.3 Å². The van der Waals surface area contributed by atoms with Crippen molar-refractivity contribution >= 4 is 24.2 Å². The van der Waals surface area contributed by atoms with Crippen LogP contribution in [0.15, 0.2) is 0 Å². The van der Waals surface area contributed by atoms with E-state index >= 15 is 0 Å². The highest BCUT2D eigenvalue weighted by Gasteiger charge is 2.64. The molecule has 1 aliphatic heterocycles. The minimum atomic E-state index is -0.179. The summed E-state index contributed by atoms with van der Waals surface area (Å²) in [4.78, 5) is 28.1. The molecule has 0 aromatic carbocycles. The van der Waals surface area contributed by atoms with Crippen LogP contribution in [0.3, 0.4) is 0 Å². The molecular formula is C28H46ClNO4. The molecule has 1 heterocycles. The van der Waals surface area contributed by atoms with Crippen LogP contribution < -0.4 is 0 Å². The van der Waals surface area contributed by atoms with E-state index in [0.717, 1.165) is 58.0 Å². The number of ketones is 1. The number of likely N-dealkylation sites (tertiary alicyclic amines) is 1. The maximum absolute atomic E-state index is 13.2. The summed E-state index contributed by atoms with van der Waals surface area (Å²) in [6.07, 6.45) is 11.4. The molecule has 1 N–H and O–H groups in total. The van der Waals surface area contributed by atoms with Gasteiger partial charge in [0, 0.05) is 11.8 Å². The Morgan fingerprint density at radius 1 is 1.00 bits per heavy atom. The number of carbonyl (C=O) groups is 2. The molecule has 194 valence electrons. The molecule has 0 aromatic rings. The van der Waals surface area contributed by atoms with Gasteiger partial charge >= 0.3 is 5.97 Å². The highest BCUT2D eigenvalue weighted by atomic mass is 35.5. The van der Waals surface area contributed by atoms with Gasteiger partial charge < -0.3 is 9.84 Å². The Bertz CT molecular complexity index is 770. The van der Waals surface area contributed by atoms with Gasteiger partial charge in [-0.3, -0.25) is 14.5 Å². The van der Waals surface area contributed by atoms with Crippen LogP contribution in [0.5, 0.6) is 0 Å². The van der Waals surface area contributed by atoms with E-state index in [1.165, 1.54) is 25.7 Å². The van der Waals surface area contributed by atoms with Crippen LogP contribution in [0.2, 0.25) is 0 Å². The summed E-state index contributed by atoms with van der Waals surface area (Å²) >= 11 is 0. The summed E-state index contributed by atoms with van der Waals surface area (Å²) < 4.78 is 6.45. The summed E-state index contributed by atoms with van der Waals surface area (Å²) in [6, 6.07) is 0. The zero-order valence-corrected chi connectivity index (χ0v) is 22.3. The number of halogens is 1. The van der Waals surface area contributed by atoms with Gasteiger partial charge in [0.2, 0.25) is 0 Å². The topological polar surface area (TPSA) is 66.8 Å². The fourth-order valence-corrected chi connectivity index (χ4v) is 9.61. The molecule has 5 aliphatic rings. The van der Waals surface area contributed by atoms with Crippen molar-refractivity contribution in [2.24, 2.45) is 40.4 Å². The highest BCUT2D eigenvalue weighted by Crippen LogP contribution is 2.68. The quantitative estimate of drug-likeness (QED) is 0.554. The van der Waals surface area contributed by atoms with Crippen LogP contribution in [0, 0.1) is 40.4 Å². The lowest BCUT2D eigenvalue weighted by Gasteiger charge is -2.62. The Morgan fingerprint density at radius 2 is 1.74 bits per heavy atom. The predicted molar refractivity (Wildman–Crippen MR) is 135 cm³/mol. The van der Waals surface area contributed by atoms with Crippen molar-refractivity contribution < 1.29 is 19.4 Å². The third-order valence-corrected chi connectivity index (χ3v) is 11.1. The second-order valence-corrected chi connectivity index (χ2v) is 12.8. The summed E-state index contributed by atoms with van der Waals surface area (Å²) in [6.45, 7) is 8.93. The van der Waals surface area contributed by atoms with Crippen molar-refractivity contribution in [3.05, 3.63) is 0 Å². The van der Waals surface area contributed by atoms with E-state index < -0.39 is 0 Å². The highest BCUT2D eigenvalue weighted by molar-refractivity contribution is 5.85. The van der Waals surface area contributed by atoms with Crippen molar-refractivity contribution in [3.8, 4) is 0 Å². The predicted octanol–water partition coefficient (Wildman–Crippen LogP) is 5.02. The molecule has 4 aliphatic carbocycles. The van der Waals surface area contributed by atoms with Crippen LogP contribution in [-0.2, 0) is 14.3 Å². The number of aliphatic hydroxyl groups excluding tert-OH is 1. The van der Waals surface area contributed by atoms with Crippen LogP contribution in [-0.4, -0.2) is 53.6 Å². The molecule has 6 heteroatoms. The first-order valence-corrected chi connectivity index (χ1v) is 13.8. The first-order chi connectivity index (χ1) is 15.7. The second-order valence-electron chi connectivity index (χ2n) is 12.8. The van der Waals surface area contributed by atoms with E-state index in [2.05, 4.69) is 18.7 Å². The molecule has 3 unspecified atom stereocenters. The number of rotatable bonds is 4. The molecule has 4 saturated carbocycles. The maximum Gasteiger partial charge on any atom is 0.320 e. The Labute approximate surface area is 212 Å². The molecule has 5 nitrogen and oxygen atoms in total. The molecule has 9 atom stereocenters. The Balaban J connectivity index is 0.00000274. The first kappa shape index (κ1) is 26.4. The zero-order valence-electron chi connectivity index (χ0n) is 21.5. The maximum atomic E-state index is 13.2. The normalized spacial score (nSPS) is 46.4. The largest absolute Gasteiger partial charge is 0.461 e. The molecule has 0 bridgehead atoms. The fourth-order valence-electron chi connectivity index (χ4n) is 9.61. The van der Waals surface area contributed by atoms with Crippen molar-refractivity contribution in [1.29, 1.82) is 0 Å². The first-order valence-electron chi connectivity index (χ1n) is 13.8. The number of fused-ring (bicyclic) bond motifs is 5. The Hall–Kier alpha value is -0.650. The standard InChI is InChI=1S/C28H45NO4.ClH/c1-18(30)22-9-10-23-21-8-7-19-15-20(31)11-12-27(19,2)26(21)24(16-28(22,23)3)33-25(32)17-29-13-5-4-6-14-29;/h19-24,26,31H,4-17H2,1-3H3;1H/t19?,20?,21-,22+,23-,24?,26+,27-,28+;/m0./s1. The molecule has 0 spiro atoms. The third kappa shape index (κ3) is 4.47. The van der Waals surface area contributed by atoms with Crippen molar-refractivity contribution in [2.45, 2.75) is 104 Å². The van der Waals surface area contributed by atoms with Gasteiger partial charge in [0.15, 0.2) is 0 Å². The van der Waals surface area contributed by atoms with Gasteiger partial charge in [0.1, 0.15) is 11.9 Å². The third-order valence-electron chi connectivity index (χ3n) is 11.1. The van der Waals surface area contributed by atoms with Crippen molar-refractivity contribution in [3.63, 3.8) is 0 Å². The number of ether oxygens (including phenoxy) is 1. The minimum Gasteiger partial charge on any atom is -0.461 e. The average Bonchev–Trinajstić information content (AvgIpc) is 3.11. The number of nitrogens with zero attached hydrogens (tertiary/aromatic N) is 1. The molecule has 0 amide bonds. The van der Waals surface area contributed by atoms with Gasteiger partial charge in [-0.1, -0.05) is 20.3 Å². The Kier molecular flexibility index (Phi) is 7.78. The molecule has 5 fully saturated rings. The van der Waals surface area contributed by atoms with E-state index in [4.69, 9.17) is 4.74 Å². The molecule has 0 aromatic heterocycles. The number of piperidine rings is 1. The lowest BCUT2D eigenvalue weighted by molar-refractivity contribution is -0.199. The summed E-state index contributed by atoms with van der Waals surface area (Å²) in [5.74, 6) is 2.30. The van der Waals surface area contributed by atoms with Gasteiger partial charge in [0.05, 0.1) is 12.6 Å².